The third-order valence-electron chi connectivity index (χ3n) is 3.51. The van der Waals surface area contributed by atoms with E-state index in [4.69, 9.17) is 0 Å². The molecule has 0 unspecified atom stereocenters. The Balaban J connectivity index is 1.85. The van der Waals surface area contributed by atoms with Gasteiger partial charge in [-0.3, -0.25) is 4.98 Å². The molecule has 0 atom stereocenters. The van der Waals surface area contributed by atoms with Gasteiger partial charge in [-0.1, -0.05) is 28.1 Å². The van der Waals surface area contributed by atoms with Crippen molar-refractivity contribution in [1.29, 1.82) is 0 Å². The smallest absolute Gasteiger partial charge is 0.225 e. The van der Waals surface area contributed by atoms with Crippen LogP contribution in [0.3, 0.4) is 0 Å². The Morgan fingerprint density at radius 1 is 1.00 bits per heavy atom. The highest BCUT2D eigenvalue weighted by Gasteiger charge is 2.08. The monoisotopic (exact) mass is 397 g/mol. The van der Waals surface area contributed by atoms with Crippen LogP contribution in [-0.2, 0) is 6.54 Å². The summed E-state index contributed by atoms with van der Waals surface area (Å²) in [6.07, 6.45) is 3.53. The fourth-order valence-electron chi connectivity index (χ4n) is 2.33. The van der Waals surface area contributed by atoms with Gasteiger partial charge in [0, 0.05) is 41.1 Å². The van der Waals surface area contributed by atoms with Crippen LogP contribution >= 0.6 is 15.9 Å². The molecular weight excluding hydrogens is 378 g/mol. The van der Waals surface area contributed by atoms with Crippen LogP contribution in [0.1, 0.15) is 19.4 Å². The Bertz CT molecular complexity index is 819. The molecule has 0 fully saturated rings. The van der Waals surface area contributed by atoms with E-state index in [0.29, 0.717) is 12.5 Å². The van der Waals surface area contributed by atoms with Gasteiger partial charge in [0.05, 0.1) is 5.69 Å². The van der Waals surface area contributed by atoms with Gasteiger partial charge < -0.3 is 10.6 Å². The molecule has 0 saturated heterocycles. The molecular formula is C19H20BrN5. The minimum absolute atomic E-state index is 0.256. The average Bonchev–Trinajstić information content (AvgIpc) is 2.61. The lowest BCUT2D eigenvalue weighted by molar-refractivity contribution is 0.874. The molecule has 3 rings (SSSR count). The van der Waals surface area contributed by atoms with E-state index in [0.717, 1.165) is 21.5 Å². The lowest BCUT2D eigenvalue weighted by Crippen LogP contribution is -2.14. The van der Waals surface area contributed by atoms with Gasteiger partial charge >= 0.3 is 0 Å². The Kier molecular flexibility index (Phi) is 5.60. The number of nitrogens with one attached hydrogen (secondary N) is 2. The van der Waals surface area contributed by atoms with Gasteiger partial charge in [-0.2, -0.15) is 4.98 Å². The highest BCUT2D eigenvalue weighted by Crippen LogP contribution is 2.21. The molecule has 128 valence electrons. The number of rotatable bonds is 6. The van der Waals surface area contributed by atoms with Crippen LogP contribution in [0.25, 0.3) is 11.3 Å². The van der Waals surface area contributed by atoms with Crippen LogP contribution in [0.4, 0.5) is 11.8 Å². The number of anilines is 2. The molecule has 2 aromatic heterocycles. The summed E-state index contributed by atoms with van der Waals surface area (Å²) in [7, 11) is 0. The number of hydrogen-bond acceptors (Lipinski definition) is 5. The fraction of sp³-hybridized carbons (Fsp3) is 0.211. The van der Waals surface area contributed by atoms with Gasteiger partial charge in [0.2, 0.25) is 5.95 Å². The van der Waals surface area contributed by atoms with Crippen molar-refractivity contribution >= 4 is 27.7 Å². The normalized spacial score (nSPS) is 10.7. The van der Waals surface area contributed by atoms with E-state index >= 15 is 0 Å². The quantitative estimate of drug-likeness (QED) is 0.629. The van der Waals surface area contributed by atoms with Gasteiger partial charge in [0.1, 0.15) is 5.82 Å². The Labute approximate surface area is 156 Å². The molecule has 0 aliphatic heterocycles. The number of benzene rings is 1. The second-order valence-electron chi connectivity index (χ2n) is 5.98. The summed E-state index contributed by atoms with van der Waals surface area (Å²) in [6.45, 7) is 4.83. The maximum absolute atomic E-state index is 4.61. The van der Waals surface area contributed by atoms with Crippen LogP contribution in [0.2, 0.25) is 0 Å². The molecule has 25 heavy (non-hydrogen) atoms. The van der Waals surface area contributed by atoms with Crippen LogP contribution in [0.5, 0.6) is 0 Å². The number of hydrogen-bond donors (Lipinski definition) is 2. The minimum atomic E-state index is 0.256. The van der Waals surface area contributed by atoms with Crippen molar-refractivity contribution in [3.8, 4) is 11.3 Å². The summed E-state index contributed by atoms with van der Waals surface area (Å²) in [5.41, 5.74) is 3.06. The molecule has 6 heteroatoms. The van der Waals surface area contributed by atoms with Crippen molar-refractivity contribution < 1.29 is 0 Å². The molecule has 0 bridgehead atoms. The number of nitrogens with zero attached hydrogens (tertiary/aromatic N) is 3. The van der Waals surface area contributed by atoms with E-state index < -0.39 is 0 Å². The summed E-state index contributed by atoms with van der Waals surface area (Å²) in [4.78, 5) is 13.3. The van der Waals surface area contributed by atoms with E-state index in [9.17, 15) is 0 Å². The topological polar surface area (TPSA) is 62.7 Å². The van der Waals surface area contributed by atoms with E-state index in [-0.39, 0.29) is 6.04 Å². The molecule has 2 N–H and O–H groups in total. The van der Waals surface area contributed by atoms with Crippen molar-refractivity contribution in [2.75, 3.05) is 10.6 Å². The number of pyridine rings is 1. The summed E-state index contributed by atoms with van der Waals surface area (Å²) in [5, 5.41) is 6.66. The van der Waals surface area contributed by atoms with Crippen LogP contribution in [0, 0.1) is 0 Å². The van der Waals surface area contributed by atoms with Crippen LogP contribution in [-0.4, -0.2) is 21.0 Å². The van der Waals surface area contributed by atoms with E-state index in [1.54, 1.807) is 12.4 Å². The van der Waals surface area contributed by atoms with Gasteiger partial charge in [-0.05, 0) is 43.7 Å². The first-order valence-electron chi connectivity index (χ1n) is 8.14. The van der Waals surface area contributed by atoms with Gasteiger partial charge in [0.25, 0.3) is 0 Å². The molecule has 0 aliphatic rings. The zero-order chi connectivity index (χ0) is 17.6. The molecule has 5 nitrogen and oxygen atoms in total. The standard InChI is InChI=1S/C19H20BrN5/c1-13(2)23-19-24-17(15-7-9-21-10-8-15)11-18(25-19)22-12-14-3-5-16(20)6-4-14/h3-11,13H,12H2,1-2H3,(H2,22,23,24,25). The third kappa shape index (κ3) is 5.00. The van der Waals surface area contributed by atoms with E-state index in [1.807, 2.05) is 30.3 Å². The maximum Gasteiger partial charge on any atom is 0.225 e. The van der Waals surface area contributed by atoms with Crippen molar-refractivity contribution in [1.82, 2.24) is 15.0 Å². The second kappa shape index (κ2) is 8.07. The van der Waals surface area contributed by atoms with Crippen molar-refractivity contribution in [3.05, 3.63) is 64.9 Å². The summed E-state index contributed by atoms with van der Waals surface area (Å²) >= 11 is 3.45. The lowest BCUT2D eigenvalue weighted by atomic mass is 10.2. The van der Waals surface area contributed by atoms with Crippen LogP contribution in [0.15, 0.2) is 59.3 Å². The second-order valence-corrected chi connectivity index (χ2v) is 6.89. The SMILES string of the molecule is CC(C)Nc1nc(NCc2ccc(Br)cc2)cc(-c2ccncc2)n1. The van der Waals surface area contributed by atoms with Gasteiger partial charge in [-0.15, -0.1) is 0 Å². The Morgan fingerprint density at radius 3 is 2.40 bits per heavy atom. The summed E-state index contributed by atoms with van der Waals surface area (Å²) in [6, 6.07) is 14.3. The van der Waals surface area contributed by atoms with Crippen molar-refractivity contribution in [3.63, 3.8) is 0 Å². The predicted molar refractivity (Wildman–Crippen MR) is 105 cm³/mol. The average molecular weight is 398 g/mol. The van der Waals surface area contributed by atoms with Crippen LogP contribution < -0.4 is 10.6 Å². The fourth-order valence-corrected chi connectivity index (χ4v) is 2.59. The third-order valence-corrected chi connectivity index (χ3v) is 4.04. The maximum atomic E-state index is 4.61. The first-order valence-corrected chi connectivity index (χ1v) is 8.94. The Hall–Kier alpha value is -2.47. The van der Waals surface area contributed by atoms with E-state index in [2.05, 4.69) is 67.5 Å². The molecule has 0 radical (unpaired) electrons. The first-order chi connectivity index (χ1) is 12.1. The summed E-state index contributed by atoms with van der Waals surface area (Å²) < 4.78 is 1.07. The zero-order valence-corrected chi connectivity index (χ0v) is 15.8. The molecule has 0 spiro atoms. The van der Waals surface area contributed by atoms with Gasteiger partial charge in [0.15, 0.2) is 0 Å². The molecule has 3 aromatic rings. The molecule has 2 heterocycles. The summed E-state index contributed by atoms with van der Waals surface area (Å²) in [5.74, 6) is 1.40. The Morgan fingerprint density at radius 2 is 1.72 bits per heavy atom. The largest absolute Gasteiger partial charge is 0.366 e. The minimum Gasteiger partial charge on any atom is -0.366 e. The number of halogens is 1. The highest BCUT2D eigenvalue weighted by molar-refractivity contribution is 9.10. The molecule has 1 aromatic carbocycles. The molecule has 0 aliphatic carbocycles. The van der Waals surface area contributed by atoms with Gasteiger partial charge in [-0.25, -0.2) is 4.98 Å². The molecule has 0 amide bonds. The van der Waals surface area contributed by atoms with Crippen molar-refractivity contribution in [2.45, 2.75) is 26.4 Å². The zero-order valence-electron chi connectivity index (χ0n) is 14.2. The highest BCUT2D eigenvalue weighted by atomic mass is 79.9. The number of aromatic nitrogens is 3. The van der Waals surface area contributed by atoms with E-state index in [1.165, 1.54) is 5.56 Å². The molecule has 0 saturated carbocycles. The van der Waals surface area contributed by atoms with Crippen molar-refractivity contribution in [2.24, 2.45) is 0 Å². The lowest BCUT2D eigenvalue weighted by Gasteiger charge is -2.13. The predicted octanol–water partition coefficient (Wildman–Crippen LogP) is 4.73. The first kappa shape index (κ1) is 17.4.